The molecule has 5 heteroatoms. The number of phenols is 1. The minimum Gasteiger partial charge on any atom is -0.508 e. The van der Waals surface area contributed by atoms with Gasteiger partial charge in [-0.3, -0.25) is 0 Å². The van der Waals surface area contributed by atoms with Gasteiger partial charge in [-0.15, -0.1) is 0 Å². The first-order valence-corrected chi connectivity index (χ1v) is 5.36. The van der Waals surface area contributed by atoms with Crippen LogP contribution in [0.1, 0.15) is 24.4 Å². The van der Waals surface area contributed by atoms with Gasteiger partial charge in [0.2, 0.25) is 0 Å². The predicted molar refractivity (Wildman–Crippen MR) is 61.4 cm³/mol. The van der Waals surface area contributed by atoms with Crippen LogP contribution in [0.3, 0.4) is 0 Å². The van der Waals surface area contributed by atoms with Crippen molar-refractivity contribution >= 4 is 23.2 Å². The summed E-state index contributed by atoms with van der Waals surface area (Å²) in [6, 6.07) is 2.56. The molecule has 84 valence electrons. The maximum absolute atomic E-state index is 9.63. The number of benzene rings is 1. The summed E-state index contributed by atoms with van der Waals surface area (Å²) in [5.41, 5.74) is 6.32. The van der Waals surface area contributed by atoms with Crippen molar-refractivity contribution in [3.63, 3.8) is 0 Å². The van der Waals surface area contributed by atoms with Crippen LogP contribution >= 0.6 is 23.2 Å². The molecule has 1 atom stereocenters. The maximum Gasteiger partial charge on any atom is 0.123 e. The van der Waals surface area contributed by atoms with Crippen LogP contribution in [-0.4, -0.2) is 16.8 Å². The fraction of sp³-hybridized carbons (Fsp3) is 0.400. The van der Waals surface area contributed by atoms with Crippen LogP contribution < -0.4 is 5.73 Å². The number of halogens is 2. The van der Waals surface area contributed by atoms with Gasteiger partial charge in [-0.05, 0) is 25.0 Å². The first kappa shape index (κ1) is 12.6. The Kier molecular flexibility index (Phi) is 4.67. The Morgan fingerprint density at radius 2 is 2.00 bits per heavy atom. The highest BCUT2D eigenvalue weighted by Gasteiger charge is 2.15. The van der Waals surface area contributed by atoms with E-state index >= 15 is 0 Å². The third-order valence-electron chi connectivity index (χ3n) is 2.12. The van der Waals surface area contributed by atoms with E-state index in [0.29, 0.717) is 28.5 Å². The van der Waals surface area contributed by atoms with Gasteiger partial charge in [-0.2, -0.15) is 0 Å². The highest BCUT2D eigenvalue weighted by molar-refractivity contribution is 6.35. The van der Waals surface area contributed by atoms with E-state index in [2.05, 4.69) is 0 Å². The molecule has 0 spiro atoms. The molecule has 4 N–H and O–H groups in total. The summed E-state index contributed by atoms with van der Waals surface area (Å²) in [4.78, 5) is 0. The predicted octanol–water partition coefficient (Wildman–Crippen LogP) is 2.47. The summed E-state index contributed by atoms with van der Waals surface area (Å²) >= 11 is 11.6. The van der Waals surface area contributed by atoms with Crippen molar-refractivity contribution in [1.29, 1.82) is 0 Å². The van der Waals surface area contributed by atoms with Crippen molar-refractivity contribution < 1.29 is 10.2 Å². The van der Waals surface area contributed by atoms with Crippen LogP contribution in [0.2, 0.25) is 10.0 Å². The Bertz CT molecular complexity index is 321. The molecule has 3 nitrogen and oxygen atoms in total. The lowest BCUT2D eigenvalue weighted by Gasteiger charge is -2.15. The molecule has 1 aromatic rings. The number of aromatic hydroxyl groups is 1. The molecule has 0 bridgehead atoms. The van der Waals surface area contributed by atoms with E-state index in [1.54, 1.807) is 0 Å². The Hall–Kier alpha value is -0.480. The minimum atomic E-state index is -0.387. The van der Waals surface area contributed by atoms with Gasteiger partial charge in [-0.1, -0.05) is 23.2 Å². The van der Waals surface area contributed by atoms with E-state index in [9.17, 15) is 5.11 Å². The number of aliphatic hydroxyl groups excluding tert-OH is 1. The Balaban J connectivity index is 2.92. The normalized spacial score (nSPS) is 12.8. The van der Waals surface area contributed by atoms with Crippen molar-refractivity contribution in [1.82, 2.24) is 0 Å². The van der Waals surface area contributed by atoms with Gasteiger partial charge in [0.05, 0.1) is 5.02 Å². The highest BCUT2D eigenvalue weighted by atomic mass is 35.5. The average molecular weight is 250 g/mol. The Morgan fingerprint density at radius 1 is 1.33 bits per heavy atom. The third kappa shape index (κ3) is 3.24. The molecule has 0 amide bonds. The SMILES string of the molecule is N[C@@H](CCCO)c1c(O)cc(Cl)cc1Cl. The molecule has 1 aromatic carbocycles. The van der Waals surface area contributed by atoms with Crippen LogP contribution in [0, 0.1) is 0 Å². The zero-order valence-electron chi connectivity index (χ0n) is 8.08. The van der Waals surface area contributed by atoms with E-state index in [1.165, 1.54) is 12.1 Å². The summed E-state index contributed by atoms with van der Waals surface area (Å²) in [7, 11) is 0. The van der Waals surface area contributed by atoms with Crippen LogP contribution in [0.15, 0.2) is 12.1 Å². The summed E-state index contributed by atoms with van der Waals surface area (Å²) in [5.74, 6) is -0.00191. The largest absolute Gasteiger partial charge is 0.508 e. The van der Waals surface area contributed by atoms with E-state index in [1.807, 2.05) is 0 Å². The van der Waals surface area contributed by atoms with E-state index in [4.69, 9.17) is 34.0 Å². The van der Waals surface area contributed by atoms with Crippen molar-refractivity contribution in [2.24, 2.45) is 5.73 Å². The second-order valence-corrected chi connectivity index (χ2v) is 4.14. The van der Waals surface area contributed by atoms with Gasteiger partial charge in [0.25, 0.3) is 0 Å². The average Bonchev–Trinajstić information content (AvgIpc) is 2.12. The third-order valence-corrected chi connectivity index (χ3v) is 2.65. The molecule has 0 saturated carbocycles. The van der Waals surface area contributed by atoms with Gasteiger partial charge < -0.3 is 15.9 Å². The Labute approximate surface area is 98.4 Å². The first-order valence-electron chi connectivity index (χ1n) is 4.60. The quantitative estimate of drug-likeness (QED) is 0.768. The molecular formula is C10H13Cl2NO2. The number of aliphatic hydroxyl groups is 1. The lowest BCUT2D eigenvalue weighted by molar-refractivity contribution is 0.279. The van der Waals surface area contributed by atoms with E-state index in [0.717, 1.165) is 0 Å². The topological polar surface area (TPSA) is 66.5 Å². The van der Waals surface area contributed by atoms with Crippen molar-refractivity contribution in [3.05, 3.63) is 27.7 Å². The van der Waals surface area contributed by atoms with Gasteiger partial charge in [-0.25, -0.2) is 0 Å². The Morgan fingerprint density at radius 3 is 2.53 bits per heavy atom. The van der Waals surface area contributed by atoms with Crippen LogP contribution in [0.25, 0.3) is 0 Å². The van der Waals surface area contributed by atoms with Gasteiger partial charge in [0.1, 0.15) is 5.75 Å². The zero-order chi connectivity index (χ0) is 11.4. The molecular weight excluding hydrogens is 237 g/mol. The number of phenolic OH excluding ortho intramolecular Hbond substituents is 1. The summed E-state index contributed by atoms with van der Waals surface area (Å²) in [5, 5.41) is 19.0. The maximum atomic E-state index is 9.63. The molecule has 0 saturated heterocycles. The fourth-order valence-electron chi connectivity index (χ4n) is 1.39. The molecule has 0 fully saturated rings. The van der Waals surface area contributed by atoms with Gasteiger partial charge in [0.15, 0.2) is 0 Å². The first-order chi connectivity index (χ1) is 7.06. The molecule has 0 aliphatic rings. The van der Waals surface area contributed by atoms with Gasteiger partial charge in [0, 0.05) is 23.2 Å². The molecule has 0 unspecified atom stereocenters. The molecule has 0 aromatic heterocycles. The lowest BCUT2D eigenvalue weighted by atomic mass is 10.0. The molecule has 0 radical (unpaired) electrons. The summed E-state index contributed by atoms with van der Waals surface area (Å²) < 4.78 is 0. The highest BCUT2D eigenvalue weighted by Crippen LogP contribution is 2.35. The number of rotatable bonds is 4. The summed E-state index contributed by atoms with van der Waals surface area (Å²) in [6.07, 6.45) is 1.13. The van der Waals surface area contributed by atoms with Crippen LogP contribution in [0.4, 0.5) is 0 Å². The number of hydrogen-bond donors (Lipinski definition) is 3. The van der Waals surface area contributed by atoms with Gasteiger partial charge >= 0.3 is 0 Å². The van der Waals surface area contributed by atoms with Crippen molar-refractivity contribution in [3.8, 4) is 5.75 Å². The molecule has 15 heavy (non-hydrogen) atoms. The fourth-order valence-corrected chi connectivity index (χ4v) is 2.02. The van der Waals surface area contributed by atoms with Crippen LogP contribution in [-0.2, 0) is 0 Å². The second kappa shape index (κ2) is 5.56. The van der Waals surface area contributed by atoms with E-state index in [-0.39, 0.29) is 18.4 Å². The van der Waals surface area contributed by atoms with E-state index < -0.39 is 0 Å². The molecule has 0 aliphatic heterocycles. The van der Waals surface area contributed by atoms with Crippen LogP contribution in [0.5, 0.6) is 5.75 Å². The minimum absolute atomic E-state index is 0.00191. The molecule has 0 heterocycles. The number of nitrogens with two attached hydrogens (primary N) is 1. The van der Waals surface area contributed by atoms with Crippen molar-refractivity contribution in [2.75, 3.05) is 6.61 Å². The zero-order valence-corrected chi connectivity index (χ0v) is 9.59. The number of hydrogen-bond acceptors (Lipinski definition) is 3. The second-order valence-electron chi connectivity index (χ2n) is 3.29. The van der Waals surface area contributed by atoms with Crippen molar-refractivity contribution in [2.45, 2.75) is 18.9 Å². The molecule has 0 aliphatic carbocycles. The summed E-state index contributed by atoms with van der Waals surface area (Å²) in [6.45, 7) is 0.0691. The standard InChI is InChI=1S/C10H13Cl2NO2/c11-6-4-7(12)10(9(15)5-6)8(13)2-1-3-14/h4-5,8,14-15H,1-3,13H2/t8-/m0/s1. The lowest BCUT2D eigenvalue weighted by Crippen LogP contribution is -2.11. The molecule has 1 rings (SSSR count). The monoisotopic (exact) mass is 249 g/mol. The smallest absolute Gasteiger partial charge is 0.123 e.